The van der Waals surface area contributed by atoms with E-state index in [1.54, 1.807) is 12.2 Å². The van der Waals surface area contributed by atoms with Gasteiger partial charge in [-0.05, 0) is 61.0 Å². The van der Waals surface area contributed by atoms with Gasteiger partial charge >= 0.3 is 0 Å². The number of nitrogens with zero attached hydrogens (tertiary/aromatic N) is 1. The number of aryl methyl sites for hydroxylation is 2. The van der Waals surface area contributed by atoms with E-state index in [1.165, 1.54) is 36.1 Å². The average molecular weight is 470 g/mol. The molecule has 1 heterocycles. The van der Waals surface area contributed by atoms with Crippen molar-refractivity contribution in [2.24, 2.45) is 0 Å². The summed E-state index contributed by atoms with van der Waals surface area (Å²) in [6.45, 7) is 26.6. The lowest BCUT2D eigenvalue weighted by molar-refractivity contribution is -0.113. The number of benzene rings is 1. The van der Waals surface area contributed by atoms with Crippen LogP contribution in [-0.4, -0.2) is 42.1 Å². The number of Topliss-reactive ketones (excluding diaryl/α,β-unsaturated/α-hetero) is 1. The van der Waals surface area contributed by atoms with Gasteiger partial charge in [-0.2, -0.15) is 0 Å². The lowest BCUT2D eigenvalue weighted by Gasteiger charge is -2.28. The molecule has 4 nitrogen and oxygen atoms in total. The predicted molar refractivity (Wildman–Crippen MR) is 148 cm³/mol. The number of ketones is 1. The van der Waals surface area contributed by atoms with Gasteiger partial charge in [-0.3, -0.25) is 4.79 Å². The summed E-state index contributed by atoms with van der Waals surface area (Å²) in [6.07, 6.45) is 8.31. The molecule has 0 aromatic heterocycles. The molecule has 1 aromatic rings. The summed E-state index contributed by atoms with van der Waals surface area (Å²) in [5, 5.41) is 8.89. The molecule has 0 amide bonds. The lowest BCUT2D eigenvalue weighted by Crippen LogP contribution is -2.34. The Hall–Kier alpha value is -2.85. The zero-order valence-electron chi connectivity index (χ0n) is 22.8. The number of carbonyl (C=O) groups is 1. The highest BCUT2D eigenvalue weighted by Gasteiger charge is 2.07. The molecule has 0 spiro atoms. The Morgan fingerprint density at radius 1 is 1.03 bits per heavy atom. The van der Waals surface area contributed by atoms with Gasteiger partial charge < -0.3 is 14.7 Å². The maximum absolute atomic E-state index is 10.8. The Balaban J connectivity index is 0. The molecule has 0 unspecified atom stereocenters. The van der Waals surface area contributed by atoms with Gasteiger partial charge in [-0.25, -0.2) is 0 Å². The molecule has 1 aromatic carbocycles. The molecule has 0 saturated carbocycles. The second-order valence-electron chi connectivity index (χ2n) is 8.09. The van der Waals surface area contributed by atoms with Crippen LogP contribution in [-0.2, 0) is 9.53 Å². The van der Waals surface area contributed by atoms with Crippen molar-refractivity contribution in [2.75, 3.05) is 26.3 Å². The lowest BCUT2D eigenvalue weighted by atomic mass is 10.1. The molecule has 0 bridgehead atoms. The molecule has 190 valence electrons. The number of aliphatic hydroxyl groups is 1. The first kappa shape index (κ1) is 33.3. The molecule has 4 heteroatoms. The molecule has 1 aliphatic heterocycles. The highest BCUT2D eigenvalue weighted by atomic mass is 16.5. The molecule has 1 aliphatic rings. The number of rotatable bonds is 5. The largest absolute Gasteiger partial charge is 0.508 e. The molecule has 2 rings (SSSR count). The van der Waals surface area contributed by atoms with Crippen LogP contribution in [0, 0.1) is 13.8 Å². The summed E-state index contributed by atoms with van der Waals surface area (Å²) >= 11 is 0. The fraction of sp³-hybridized carbons (Fsp3) is 0.433. The number of allylic oxidation sites excluding steroid dienone is 7. The van der Waals surface area contributed by atoms with Crippen LogP contribution in [0.5, 0.6) is 0 Å². The fourth-order valence-electron chi connectivity index (χ4n) is 2.40. The third-order valence-electron chi connectivity index (χ3n) is 4.97. The first-order valence-electron chi connectivity index (χ1n) is 11.8. The smallest absolute Gasteiger partial charge is 0.163 e. The minimum atomic E-state index is -0.185. The highest BCUT2D eigenvalue weighted by molar-refractivity contribution is 5.97. The van der Waals surface area contributed by atoms with Crippen molar-refractivity contribution in [1.82, 2.24) is 4.90 Å². The van der Waals surface area contributed by atoms with Gasteiger partial charge in [0.05, 0.1) is 18.8 Å². The van der Waals surface area contributed by atoms with E-state index in [0.717, 1.165) is 32.0 Å². The summed E-state index contributed by atoms with van der Waals surface area (Å²) in [5.74, 6) is -0.369. The minimum Gasteiger partial charge on any atom is -0.508 e. The van der Waals surface area contributed by atoms with Gasteiger partial charge in [-0.1, -0.05) is 79.3 Å². The zero-order valence-corrected chi connectivity index (χ0v) is 22.8. The third-order valence-corrected chi connectivity index (χ3v) is 4.97. The van der Waals surface area contributed by atoms with E-state index >= 15 is 0 Å². The first-order valence-corrected chi connectivity index (χ1v) is 11.8. The third kappa shape index (κ3) is 18.7. The van der Waals surface area contributed by atoms with Gasteiger partial charge in [0.2, 0.25) is 0 Å². The SMILES string of the molecule is C/C=C(\C)CC.C=C(C)N1CCOCC1.C=C(O)/C(=C\C=C/C)C(C)=O.Cc1ccc(C)cc1. The molecule has 1 fully saturated rings. The normalized spacial score (nSPS) is 13.5. The van der Waals surface area contributed by atoms with Gasteiger partial charge in [0.15, 0.2) is 5.78 Å². The van der Waals surface area contributed by atoms with Crippen LogP contribution in [0.15, 0.2) is 84.3 Å². The Kier molecular flexibility index (Phi) is 20.3. The Morgan fingerprint density at radius 2 is 1.50 bits per heavy atom. The number of ether oxygens (including phenoxy) is 1. The second kappa shape index (κ2) is 20.7. The summed E-state index contributed by atoms with van der Waals surface area (Å²) in [4.78, 5) is 13.0. The van der Waals surface area contributed by atoms with E-state index in [9.17, 15) is 4.79 Å². The molecule has 1 saturated heterocycles. The summed E-state index contributed by atoms with van der Waals surface area (Å²) in [7, 11) is 0. The predicted octanol–water partition coefficient (Wildman–Crippen LogP) is 7.67. The van der Waals surface area contributed by atoms with Crippen molar-refractivity contribution >= 4 is 5.78 Å². The van der Waals surface area contributed by atoms with Crippen LogP contribution >= 0.6 is 0 Å². The number of aliphatic hydroxyl groups excluding tert-OH is 1. The minimum absolute atomic E-state index is 0.185. The summed E-state index contributed by atoms with van der Waals surface area (Å²) in [6, 6.07) is 8.48. The number of carbonyl (C=O) groups excluding carboxylic acids is 1. The van der Waals surface area contributed by atoms with E-state index < -0.39 is 0 Å². The monoisotopic (exact) mass is 469 g/mol. The van der Waals surface area contributed by atoms with Crippen molar-refractivity contribution in [2.45, 2.75) is 61.8 Å². The topological polar surface area (TPSA) is 49.8 Å². The van der Waals surface area contributed by atoms with Crippen molar-refractivity contribution in [3.05, 3.63) is 95.5 Å². The average Bonchev–Trinajstić information content (AvgIpc) is 2.82. The highest BCUT2D eigenvalue weighted by Crippen LogP contribution is 2.05. The van der Waals surface area contributed by atoms with Crippen LogP contribution in [0.2, 0.25) is 0 Å². The van der Waals surface area contributed by atoms with E-state index in [-0.39, 0.29) is 17.1 Å². The van der Waals surface area contributed by atoms with Gasteiger partial charge in [0.1, 0.15) is 5.76 Å². The van der Waals surface area contributed by atoms with Crippen molar-refractivity contribution in [1.29, 1.82) is 0 Å². The van der Waals surface area contributed by atoms with Crippen molar-refractivity contribution in [3.63, 3.8) is 0 Å². The Bertz CT molecular complexity index is 771. The van der Waals surface area contributed by atoms with Gasteiger partial charge in [0, 0.05) is 18.8 Å². The molecule has 1 N–H and O–H groups in total. The van der Waals surface area contributed by atoms with Crippen molar-refractivity contribution < 1.29 is 14.6 Å². The van der Waals surface area contributed by atoms with E-state index in [0.29, 0.717) is 0 Å². The van der Waals surface area contributed by atoms with Crippen LogP contribution in [0.1, 0.15) is 59.1 Å². The Labute approximate surface area is 209 Å². The maximum atomic E-state index is 10.8. The van der Waals surface area contributed by atoms with E-state index in [1.807, 2.05) is 13.8 Å². The number of hydrogen-bond donors (Lipinski definition) is 1. The first-order chi connectivity index (χ1) is 16.0. The summed E-state index contributed by atoms with van der Waals surface area (Å²) < 4.78 is 5.17. The second-order valence-corrected chi connectivity index (χ2v) is 8.09. The quantitative estimate of drug-likeness (QED) is 0.208. The fourth-order valence-corrected chi connectivity index (χ4v) is 2.40. The Morgan fingerprint density at radius 3 is 1.74 bits per heavy atom. The van der Waals surface area contributed by atoms with Gasteiger partial charge in [0.25, 0.3) is 0 Å². The van der Waals surface area contributed by atoms with Crippen molar-refractivity contribution in [3.8, 4) is 0 Å². The number of morpholine rings is 1. The van der Waals surface area contributed by atoms with E-state index in [4.69, 9.17) is 9.84 Å². The standard InChI is InChI=1S/C9H12O2.C8H10.C7H13NO.C6H12/c1-4-5-6-9(7(2)10)8(3)11;1-7-3-5-8(2)6-4-7;1-7(2)8-3-5-9-6-4-8;1-4-6(3)5-2/h4-6,10H,2H2,1,3H3;3-6H,1-2H3;1,3-6H2,2H3;4H,5H2,1-3H3/b5-4-,9-6+;;;6-4+. The van der Waals surface area contributed by atoms with Crippen LogP contribution in [0.3, 0.4) is 0 Å². The molecule has 34 heavy (non-hydrogen) atoms. The molecular formula is C30H47NO3. The maximum Gasteiger partial charge on any atom is 0.163 e. The van der Waals surface area contributed by atoms with Crippen LogP contribution < -0.4 is 0 Å². The molecule has 0 radical (unpaired) electrons. The molecule has 0 atom stereocenters. The van der Waals surface area contributed by atoms with E-state index in [2.05, 4.69) is 83.0 Å². The molecular weight excluding hydrogens is 422 g/mol. The number of hydrogen-bond acceptors (Lipinski definition) is 4. The van der Waals surface area contributed by atoms with Crippen LogP contribution in [0.4, 0.5) is 0 Å². The van der Waals surface area contributed by atoms with Gasteiger partial charge in [-0.15, -0.1) is 0 Å². The molecule has 0 aliphatic carbocycles. The summed E-state index contributed by atoms with van der Waals surface area (Å²) in [5.41, 5.74) is 5.53. The van der Waals surface area contributed by atoms with Crippen LogP contribution in [0.25, 0.3) is 0 Å². The zero-order chi connectivity index (χ0) is 26.5.